The van der Waals surface area contributed by atoms with Crippen molar-refractivity contribution in [2.24, 2.45) is 0 Å². The van der Waals surface area contributed by atoms with Crippen LogP contribution in [0.5, 0.6) is 0 Å². The third-order valence-corrected chi connectivity index (χ3v) is 3.88. The Bertz CT molecular complexity index is 421. The summed E-state index contributed by atoms with van der Waals surface area (Å²) < 4.78 is 0.675. The molecule has 0 fully saturated rings. The van der Waals surface area contributed by atoms with E-state index in [9.17, 15) is 9.90 Å². The lowest BCUT2D eigenvalue weighted by atomic mass is 10.0. The molecule has 17 heavy (non-hydrogen) atoms. The number of halogens is 2. The highest BCUT2D eigenvalue weighted by Gasteiger charge is 2.20. The number of aliphatic hydroxyl groups is 1. The maximum Gasteiger partial charge on any atom is 0.252 e. The number of amides is 1. The van der Waals surface area contributed by atoms with Crippen LogP contribution in [0.4, 0.5) is 0 Å². The first-order valence-corrected chi connectivity index (χ1v) is 6.49. The van der Waals surface area contributed by atoms with E-state index in [1.165, 1.54) is 0 Å². The number of carbonyl (C=O) groups excluding carboxylic acids is 1. The van der Waals surface area contributed by atoms with Crippen molar-refractivity contribution in [2.45, 2.75) is 25.9 Å². The summed E-state index contributed by atoms with van der Waals surface area (Å²) in [5, 5.41) is 12.8. The van der Waals surface area contributed by atoms with Gasteiger partial charge in [0.05, 0.1) is 16.2 Å². The van der Waals surface area contributed by atoms with Gasteiger partial charge in [-0.05, 0) is 41.4 Å². The Morgan fingerprint density at radius 2 is 2.24 bits per heavy atom. The van der Waals surface area contributed by atoms with Gasteiger partial charge in [-0.3, -0.25) is 4.79 Å². The van der Waals surface area contributed by atoms with Crippen LogP contribution in [0.25, 0.3) is 0 Å². The molecule has 5 heteroatoms. The van der Waals surface area contributed by atoms with Crippen molar-refractivity contribution >= 4 is 33.4 Å². The minimum atomic E-state index is -0.895. The van der Waals surface area contributed by atoms with E-state index < -0.39 is 5.60 Å². The zero-order valence-corrected chi connectivity index (χ0v) is 12.1. The lowest BCUT2D eigenvalue weighted by molar-refractivity contribution is 0.0518. The van der Waals surface area contributed by atoms with Crippen LogP contribution in [0.2, 0.25) is 5.02 Å². The van der Waals surface area contributed by atoms with Crippen LogP contribution in [-0.2, 0) is 0 Å². The highest BCUT2D eigenvalue weighted by molar-refractivity contribution is 9.10. The van der Waals surface area contributed by atoms with E-state index >= 15 is 0 Å². The van der Waals surface area contributed by atoms with E-state index in [2.05, 4.69) is 21.2 Å². The predicted octanol–water partition coefficient (Wildman–Crippen LogP) is 2.99. The fourth-order valence-corrected chi connectivity index (χ4v) is 1.75. The van der Waals surface area contributed by atoms with Gasteiger partial charge >= 0.3 is 0 Å². The van der Waals surface area contributed by atoms with Crippen LogP contribution < -0.4 is 5.32 Å². The Labute approximate surface area is 114 Å². The van der Waals surface area contributed by atoms with Crippen LogP contribution in [-0.4, -0.2) is 23.2 Å². The molecule has 0 aliphatic rings. The zero-order chi connectivity index (χ0) is 13.1. The maximum atomic E-state index is 11.9. The van der Waals surface area contributed by atoms with E-state index in [4.69, 9.17) is 11.6 Å². The lowest BCUT2D eigenvalue weighted by Gasteiger charge is -2.21. The molecule has 0 heterocycles. The fraction of sp³-hybridized carbons (Fsp3) is 0.417. The summed E-state index contributed by atoms with van der Waals surface area (Å²) in [6.45, 7) is 3.74. The number of nitrogens with one attached hydrogen (secondary N) is 1. The van der Waals surface area contributed by atoms with Crippen LogP contribution in [0, 0.1) is 0 Å². The van der Waals surface area contributed by atoms with Gasteiger partial charge < -0.3 is 10.4 Å². The second-order valence-corrected chi connectivity index (χ2v) is 5.37. The fourth-order valence-electron chi connectivity index (χ4n) is 1.17. The van der Waals surface area contributed by atoms with Crippen LogP contribution in [0.1, 0.15) is 30.6 Å². The van der Waals surface area contributed by atoms with E-state index in [-0.39, 0.29) is 12.5 Å². The monoisotopic (exact) mass is 319 g/mol. The summed E-state index contributed by atoms with van der Waals surface area (Å²) in [4.78, 5) is 11.9. The van der Waals surface area contributed by atoms with Gasteiger partial charge in [0.15, 0.2) is 0 Å². The average Bonchev–Trinajstić information content (AvgIpc) is 2.30. The standard InChI is InChI=1S/C12H15BrClNO2/c1-3-12(2,17)7-15-11(16)8-5-4-6-9(13)10(8)14/h4-6,17H,3,7H2,1-2H3,(H,15,16). The first kappa shape index (κ1) is 14.5. The van der Waals surface area contributed by atoms with Crippen molar-refractivity contribution in [3.63, 3.8) is 0 Å². The Morgan fingerprint density at radius 1 is 1.59 bits per heavy atom. The number of hydrogen-bond donors (Lipinski definition) is 2. The quantitative estimate of drug-likeness (QED) is 0.896. The molecule has 1 aromatic rings. The Balaban J connectivity index is 2.74. The first-order valence-electron chi connectivity index (χ1n) is 5.32. The molecular weight excluding hydrogens is 305 g/mol. The number of benzene rings is 1. The minimum absolute atomic E-state index is 0.200. The molecule has 1 aromatic carbocycles. The van der Waals surface area contributed by atoms with E-state index in [1.54, 1.807) is 25.1 Å². The highest BCUT2D eigenvalue weighted by Crippen LogP contribution is 2.25. The molecule has 94 valence electrons. The summed E-state index contributed by atoms with van der Waals surface area (Å²) >= 11 is 9.26. The number of hydrogen-bond acceptors (Lipinski definition) is 2. The van der Waals surface area contributed by atoms with Gasteiger partial charge in [0, 0.05) is 11.0 Å². The molecule has 3 nitrogen and oxygen atoms in total. The van der Waals surface area contributed by atoms with Crippen molar-refractivity contribution < 1.29 is 9.90 Å². The van der Waals surface area contributed by atoms with Gasteiger partial charge in [0.25, 0.3) is 5.91 Å². The van der Waals surface area contributed by atoms with Crippen LogP contribution in [0.3, 0.4) is 0 Å². The Hall–Kier alpha value is -0.580. The Morgan fingerprint density at radius 3 is 2.82 bits per heavy atom. The summed E-state index contributed by atoms with van der Waals surface area (Å²) in [6, 6.07) is 5.15. The SMILES string of the molecule is CCC(C)(O)CNC(=O)c1cccc(Br)c1Cl. The summed E-state index contributed by atoms with van der Waals surface area (Å²) in [7, 11) is 0. The third-order valence-electron chi connectivity index (χ3n) is 2.59. The molecule has 0 aromatic heterocycles. The van der Waals surface area contributed by atoms with Gasteiger partial charge in [-0.2, -0.15) is 0 Å². The molecule has 0 saturated heterocycles. The molecule has 0 bridgehead atoms. The molecule has 0 aliphatic heterocycles. The number of rotatable bonds is 4. The third kappa shape index (κ3) is 3.98. The van der Waals surface area contributed by atoms with E-state index in [0.29, 0.717) is 21.5 Å². The predicted molar refractivity (Wildman–Crippen MR) is 72.4 cm³/mol. The molecule has 0 radical (unpaired) electrons. The van der Waals surface area contributed by atoms with Crippen LogP contribution >= 0.6 is 27.5 Å². The van der Waals surface area contributed by atoms with Gasteiger partial charge in [0.1, 0.15) is 0 Å². The van der Waals surface area contributed by atoms with Gasteiger partial charge in [-0.15, -0.1) is 0 Å². The smallest absolute Gasteiger partial charge is 0.252 e. The first-order chi connectivity index (χ1) is 7.87. The molecular formula is C12H15BrClNO2. The second-order valence-electron chi connectivity index (χ2n) is 4.13. The second kappa shape index (κ2) is 5.85. The normalized spacial score (nSPS) is 14.2. The number of carbonyl (C=O) groups is 1. The lowest BCUT2D eigenvalue weighted by Crippen LogP contribution is -2.40. The summed E-state index contributed by atoms with van der Waals surface area (Å²) in [5.74, 6) is -0.287. The molecule has 1 atom stereocenters. The Kier molecular flexibility index (Phi) is 4.98. The van der Waals surface area contributed by atoms with Crippen molar-refractivity contribution in [2.75, 3.05) is 6.54 Å². The summed E-state index contributed by atoms with van der Waals surface area (Å²) in [6.07, 6.45) is 0.569. The highest BCUT2D eigenvalue weighted by atomic mass is 79.9. The van der Waals surface area contributed by atoms with Crippen molar-refractivity contribution in [3.8, 4) is 0 Å². The van der Waals surface area contributed by atoms with E-state index in [0.717, 1.165) is 0 Å². The molecule has 1 rings (SSSR count). The van der Waals surface area contributed by atoms with Gasteiger partial charge in [0.2, 0.25) is 0 Å². The average molecular weight is 321 g/mol. The van der Waals surface area contributed by atoms with Crippen molar-refractivity contribution in [3.05, 3.63) is 33.3 Å². The zero-order valence-electron chi connectivity index (χ0n) is 9.76. The molecule has 2 N–H and O–H groups in total. The van der Waals surface area contributed by atoms with E-state index in [1.807, 2.05) is 6.92 Å². The molecule has 0 aliphatic carbocycles. The van der Waals surface area contributed by atoms with Gasteiger partial charge in [-0.1, -0.05) is 24.6 Å². The topological polar surface area (TPSA) is 49.3 Å². The summed E-state index contributed by atoms with van der Waals surface area (Å²) in [5.41, 5.74) is -0.498. The van der Waals surface area contributed by atoms with Crippen molar-refractivity contribution in [1.82, 2.24) is 5.32 Å². The largest absolute Gasteiger partial charge is 0.388 e. The minimum Gasteiger partial charge on any atom is -0.388 e. The molecule has 1 unspecified atom stereocenters. The molecule has 0 saturated carbocycles. The van der Waals surface area contributed by atoms with Crippen LogP contribution in [0.15, 0.2) is 22.7 Å². The van der Waals surface area contributed by atoms with Gasteiger partial charge in [-0.25, -0.2) is 0 Å². The maximum absolute atomic E-state index is 11.9. The molecule has 1 amide bonds. The van der Waals surface area contributed by atoms with Crippen molar-refractivity contribution in [1.29, 1.82) is 0 Å². The molecule has 0 spiro atoms.